The summed E-state index contributed by atoms with van der Waals surface area (Å²) in [5.74, 6) is -0.0395. The van der Waals surface area contributed by atoms with E-state index < -0.39 is 4.92 Å². The Hall–Kier alpha value is -3.56. The molecule has 1 aromatic heterocycles. The van der Waals surface area contributed by atoms with Crippen molar-refractivity contribution in [2.75, 3.05) is 39.3 Å². The number of carbonyl (C=O) groups is 2. The number of hydrogen-bond acceptors (Lipinski definition) is 6. The van der Waals surface area contributed by atoms with Gasteiger partial charge in [-0.05, 0) is 47.5 Å². The topological polar surface area (TPSA) is 87.0 Å². The molecule has 9 heteroatoms. The van der Waals surface area contributed by atoms with Gasteiger partial charge in [0, 0.05) is 68.3 Å². The zero-order valence-corrected chi connectivity index (χ0v) is 21.4. The number of nitrogens with zero attached hydrogens (tertiary/aromatic N) is 4. The molecule has 192 valence electrons. The van der Waals surface area contributed by atoms with Crippen molar-refractivity contribution in [2.45, 2.75) is 25.3 Å². The van der Waals surface area contributed by atoms with Crippen molar-refractivity contribution in [1.29, 1.82) is 0 Å². The fourth-order valence-corrected chi connectivity index (χ4v) is 6.21. The minimum atomic E-state index is -0.477. The first-order valence-corrected chi connectivity index (χ1v) is 13.6. The lowest BCUT2D eigenvalue weighted by molar-refractivity contribution is -0.384. The van der Waals surface area contributed by atoms with Crippen LogP contribution in [0.3, 0.4) is 0 Å². The molecular weight excluding hydrogens is 488 g/mol. The number of nitro benzene ring substituents is 1. The first-order valence-electron chi connectivity index (χ1n) is 12.7. The van der Waals surface area contributed by atoms with Crippen LogP contribution in [-0.4, -0.2) is 70.7 Å². The highest BCUT2D eigenvalue weighted by molar-refractivity contribution is 7.10. The summed E-state index contributed by atoms with van der Waals surface area (Å²) in [7, 11) is 0. The molecule has 0 radical (unpaired) electrons. The molecular formula is C28H30N4O4S. The first kappa shape index (κ1) is 25.1. The van der Waals surface area contributed by atoms with Gasteiger partial charge in [0.1, 0.15) is 0 Å². The number of non-ortho nitro benzene ring substituents is 1. The predicted octanol–water partition coefficient (Wildman–Crippen LogP) is 4.37. The molecule has 8 nitrogen and oxygen atoms in total. The van der Waals surface area contributed by atoms with E-state index in [9.17, 15) is 19.7 Å². The number of hydrogen-bond donors (Lipinski definition) is 0. The van der Waals surface area contributed by atoms with Crippen LogP contribution >= 0.6 is 11.3 Å². The second-order valence-electron chi connectivity index (χ2n) is 9.48. The number of thiophene rings is 1. The van der Waals surface area contributed by atoms with Gasteiger partial charge in [-0.2, -0.15) is 0 Å². The number of carbonyl (C=O) groups excluding carboxylic acids is 2. The van der Waals surface area contributed by atoms with Crippen molar-refractivity contribution in [3.05, 3.63) is 97.7 Å². The Morgan fingerprint density at radius 1 is 0.919 bits per heavy atom. The van der Waals surface area contributed by atoms with Crippen LogP contribution < -0.4 is 0 Å². The third kappa shape index (κ3) is 5.57. The van der Waals surface area contributed by atoms with E-state index in [1.807, 2.05) is 22.3 Å². The zero-order valence-electron chi connectivity index (χ0n) is 20.6. The second kappa shape index (κ2) is 11.2. The van der Waals surface area contributed by atoms with Crippen LogP contribution in [0.1, 0.15) is 45.2 Å². The highest BCUT2D eigenvalue weighted by Crippen LogP contribution is 2.37. The van der Waals surface area contributed by atoms with E-state index in [-0.39, 0.29) is 23.5 Å². The number of nitro groups is 1. The summed E-state index contributed by atoms with van der Waals surface area (Å²) in [5.41, 5.74) is 2.99. The van der Waals surface area contributed by atoms with Gasteiger partial charge in [-0.3, -0.25) is 24.6 Å². The van der Waals surface area contributed by atoms with E-state index in [1.54, 1.807) is 4.90 Å². The fourth-order valence-electron chi connectivity index (χ4n) is 5.31. The molecule has 2 aliphatic heterocycles. The maximum Gasteiger partial charge on any atom is 0.269 e. The molecule has 0 unspecified atom stereocenters. The summed E-state index contributed by atoms with van der Waals surface area (Å²) in [6.45, 7) is 3.75. The molecule has 2 aliphatic rings. The molecule has 1 atom stereocenters. The van der Waals surface area contributed by atoms with Gasteiger partial charge in [0.2, 0.25) is 5.91 Å². The van der Waals surface area contributed by atoms with E-state index in [4.69, 9.17) is 0 Å². The molecule has 0 spiro atoms. The Morgan fingerprint density at radius 2 is 1.65 bits per heavy atom. The molecule has 3 heterocycles. The molecule has 37 heavy (non-hydrogen) atoms. The lowest BCUT2D eigenvalue weighted by Gasteiger charge is -2.36. The molecule has 5 rings (SSSR count). The monoisotopic (exact) mass is 518 g/mol. The predicted molar refractivity (Wildman–Crippen MR) is 143 cm³/mol. The van der Waals surface area contributed by atoms with Crippen LogP contribution in [0, 0.1) is 10.1 Å². The SMILES string of the molecule is O=C(CCN1CCc2sccc2[C@H]1c1ccccc1)N1CCCN(C(=O)c2ccc([N+](=O)[O-])cc2)CC1. The van der Waals surface area contributed by atoms with Crippen LogP contribution in [0.15, 0.2) is 66.0 Å². The lowest BCUT2D eigenvalue weighted by Crippen LogP contribution is -2.40. The largest absolute Gasteiger partial charge is 0.341 e. The molecule has 2 amide bonds. The highest BCUT2D eigenvalue weighted by atomic mass is 32.1. The van der Waals surface area contributed by atoms with Crippen molar-refractivity contribution < 1.29 is 14.5 Å². The number of benzene rings is 2. The van der Waals surface area contributed by atoms with Gasteiger partial charge < -0.3 is 9.80 Å². The Kier molecular flexibility index (Phi) is 7.62. The molecule has 0 N–H and O–H groups in total. The zero-order chi connectivity index (χ0) is 25.8. The summed E-state index contributed by atoms with van der Waals surface area (Å²) < 4.78 is 0. The average molecular weight is 519 g/mol. The summed E-state index contributed by atoms with van der Waals surface area (Å²) in [5, 5.41) is 13.0. The van der Waals surface area contributed by atoms with Gasteiger partial charge in [0.15, 0.2) is 0 Å². The van der Waals surface area contributed by atoms with Crippen molar-refractivity contribution in [1.82, 2.24) is 14.7 Å². The third-order valence-electron chi connectivity index (χ3n) is 7.25. The van der Waals surface area contributed by atoms with E-state index in [1.165, 1.54) is 40.3 Å². The minimum Gasteiger partial charge on any atom is -0.341 e. The smallest absolute Gasteiger partial charge is 0.269 e. The number of rotatable bonds is 6. The molecule has 3 aromatic rings. The van der Waals surface area contributed by atoms with Gasteiger partial charge in [-0.15, -0.1) is 11.3 Å². The third-order valence-corrected chi connectivity index (χ3v) is 8.25. The first-order chi connectivity index (χ1) is 18.0. The van der Waals surface area contributed by atoms with E-state index in [0.717, 1.165) is 13.0 Å². The molecule has 0 saturated carbocycles. The van der Waals surface area contributed by atoms with Crippen LogP contribution in [0.5, 0.6) is 0 Å². The van der Waals surface area contributed by atoms with E-state index in [2.05, 4.69) is 40.6 Å². The van der Waals surface area contributed by atoms with Gasteiger partial charge >= 0.3 is 0 Å². The van der Waals surface area contributed by atoms with Crippen LogP contribution in [0.2, 0.25) is 0 Å². The Balaban J connectivity index is 1.19. The van der Waals surface area contributed by atoms with Gasteiger partial charge in [0.25, 0.3) is 11.6 Å². The van der Waals surface area contributed by atoms with Crippen molar-refractivity contribution >= 4 is 28.8 Å². The standard InChI is InChI=1S/C28H30N4O4S/c33-26(12-17-30-16-11-25-24(13-20-37-25)27(30)21-5-2-1-3-6-21)29-14-4-15-31(19-18-29)28(34)22-7-9-23(10-8-22)32(35)36/h1-3,5-10,13,20,27H,4,11-12,14-19H2/t27-/m1/s1. The Labute approximate surface area is 220 Å². The molecule has 0 aliphatic carbocycles. The van der Waals surface area contributed by atoms with Crippen molar-refractivity contribution in [3.8, 4) is 0 Å². The number of fused-ring (bicyclic) bond motifs is 1. The van der Waals surface area contributed by atoms with E-state index >= 15 is 0 Å². The van der Waals surface area contributed by atoms with Gasteiger partial charge in [-0.1, -0.05) is 30.3 Å². The minimum absolute atomic E-state index is 0.0392. The molecule has 1 saturated heterocycles. The summed E-state index contributed by atoms with van der Waals surface area (Å²) in [4.78, 5) is 44.0. The lowest BCUT2D eigenvalue weighted by atomic mass is 9.93. The maximum absolute atomic E-state index is 13.2. The van der Waals surface area contributed by atoms with Gasteiger partial charge in [0.05, 0.1) is 11.0 Å². The van der Waals surface area contributed by atoms with Crippen molar-refractivity contribution in [3.63, 3.8) is 0 Å². The molecule has 1 fully saturated rings. The van der Waals surface area contributed by atoms with Gasteiger partial charge in [-0.25, -0.2) is 0 Å². The second-order valence-corrected chi connectivity index (χ2v) is 10.5. The Morgan fingerprint density at radius 3 is 2.41 bits per heavy atom. The Bertz CT molecular complexity index is 1260. The fraction of sp³-hybridized carbons (Fsp3) is 0.357. The average Bonchev–Trinajstić information content (AvgIpc) is 3.27. The summed E-state index contributed by atoms with van der Waals surface area (Å²) >= 11 is 1.81. The molecule has 0 bridgehead atoms. The maximum atomic E-state index is 13.2. The van der Waals surface area contributed by atoms with Crippen LogP contribution in [0.4, 0.5) is 5.69 Å². The summed E-state index contributed by atoms with van der Waals surface area (Å²) in [6, 6.07) is 18.6. The highest BCUT2D eigenvalue weighted by Gasteiger charge is 2.30. The summed E-state index contributed by atoms with van der Waals surface area (Å²) in [6.07, 6.45) is 2.16. The van der Waals surface area contributed by atoms with E-state index in [0.29, 0.717) is 51.1 Å². The quantitative estimate of drug-likeness (QED) is 0.357. The van der Waals surface area contributed by atoms with Crippen LogP contribution in [-0.2, 0) is 11.2 Å². The molecule has 2 aromatic carbocycles. The van der Waals surface area contributed by atoms with Crippen molar-refractivity contribution in [2.24, 2.45) is 0 Å². The van der Waals surface area contributed by atoms with Crippen LogP contribution in [0.25, 0.3) is 0 Å². The normalized spacial score (nSPS) is 18.2. The number of amides is 2.